The number of alkyl halides is 1. The molecule has 0 N–H and O–H groups in total. The summed E-state index contributed by atoms with van der Waals surface area (Å²) in [6.07, 6.45) is 0. The van der Waals surface area contributed by atoms with Crippen LogP contribution in [0.3, 0.4) is 0 Å². The normalized spacial score (nSPS) is 15.2. The third-order valence-electron chi connectivity index (χ3n) is 1.57. The van der Waals surface area contributed by atoms with Crippen LogP contribution in [0, 0.1) is 0 Å². The Bertz CT molecular complexity index is 164. The van der Waals surface area contributed by atoms with Crippen LogP contribution in [0.25, 0.3) is 0 Å². The molecule has 13 heavy (non-hydrogen) atoms. The Balaban J connectivity index is 4.62. The second-order valence-electron chi connectivity index (χ2n) is 2.10. The average molecular weight is 277 g/mol. The number of carbonyl (C=O) groups excluding carboxylic acids is 1. The van der Waals surface area contributed by atoms with Crippen molar-refractivity contribution in [2.45, 2.75) is 4.57 Å². The summed E-state index contributed by atoms with van der Waals surface area (Å²) in [5.74, 6) is -0.475. The van der Waals surface area contributed by atoms with E-state index in [-0.39, 0.29) is 0 Å². The molecule has 0 aliphatic heterocycles. The van der Waals surface area contributed by atoms with Gasteiger partial charge in [0.15, 0.2) is 0 Å². The van der Waals surface area contributed by atoms with Gasteiger partial charge in [-0.05, 0) is 0 Å². The minimum atomic E-state index is -2.96. The van der Waals surface area contributed by atoms with Gasteiger partial charge in [-0.25, -0.2) is 0 Å². The van der Waals surface area contributed by atoms with Crippen molar-refractivity contribution in [1.82, 2.24) is 0 Å². The van der Waals surface area contributed by atoms with Crippen LogP contribution in [0.15, 0.2) is 0 Å². The number of halogens is 1. The van der Waals surface area contributed by atoms with Crippen molar-refractivity contribution in [3.63, 3.8) is 0 Å². The molecule has 0 spiro atoms. The number of rotatable bonds is 5. The van der Waals surface area contributed by atoms with Crippen molar-refractivity contribution in [1.29, 1.82) is 0 Å². The number of methoxy groups -OCH3 is 1. The molecule has 0 aliphatic rings. The van der Waals surface area contributed by atoms with Crippen molar-refractivity contribution >= 4 is 29.8 Å². The molecule has 1 unspecified atom stereocenters. The fourth-order valence-electron chi connectivity index (χ4n) is 0.808. The molecule has 0 saturated carbocycles. The van der Waals surface area contributed by atoms with Crippen LogP contribution >= 0.6 is 23.9 Å². The molecule has 0 aliphatic carbocycles. The van der Waals surface area contributed by atoms with E-state index in [1.807, 2.05) is 0 Å². The van der Waals surface area contributed by atoms with Gasteiger partial charge in [0.2, 0.25) is 0 Å². The maximum absolute atomic E-state index is 11.2. The Hall–Kier alpha value is 0.260. The van der Waals surface area contributed by atoms with E-state index in [2.05, 4.69) is 20.7 Å². The van der Waals surface area contributed by atoms with E-state index in [9.17, 15) is 4.79 Å². The second-order valence-corrected chi connectivity index (χ2v) is 6.87. The number of hydrogen-bond donors (Lipinski definition) is 0. The Morgan fingerprint density at radius 1 is 1.15 bits per heavy atom. The van der Waals surface area contributed by atoms with Crippen LogP contribution in [-0.4, -0.2) is 39.0 Å². The third kappa shape index (κ3) is 2.86. The quantitative estimate of drug-likeness (QED) is 0.431. The molecule has 0 amide bonds. The monoisotopic (exact) mass is 276 g/mol. The molecule has 0 aromatic heterocycles. The Kier molecular flexibility index (Phi) is 6.00. The first kappa shape index (κ1) is 13.3. The number of carbonyl (C=O) groups is 1. The Morgan fingerprint density at radius 3 is 1.77 bits per heavy atom. The third-order valence-corrected chi connectivity index (χ3v) is 6.19. The standard InChI is InChI=1S/C6H14BrO5P/c1-9-6(8)5(7)13(10-2,11-3)12-4/h5,13H,1-4H3. The van der Waals surface area contributed by atoms with Gasteiger partial charge < -0.3 is 0 Å². The molecule has 5 nitrogen and oxygen atoms in total. The predicted molar refractivity (Wildman–Crippen MR) is 54.1 cm³/mol. The van der Waals surface area contributed by atoms with E-state index in [0.29, 0.717) is 0 Å². The number of ether oxygens (including phenoxy) is 1. The zero-order valence-electron chi connectivity index (χ0n) is 8.00. The summed E-state index contributed by atoms with van der Waals surface area (Å²) >= 11 is 3.12. The topological polar surface area (TPSA) is 54.0 Å². The van der Waals surface area contributed by atoms with Gasteiger partial charge in [-0.3, -0.25) is 0 Å². The van der Waals surface area contributed by atoms with E-state index in [4.69, 9.17) is 13.6 Å². The summed E-state index contributed by atoms with van der Waals surface area (Å²) in [6.45, 7) is 0. The molecule has 0 aromatic carbocycles. The van der Waals surface area contributed by atoms with Crippen molar-refractivity contribution in [3.05, 3.63) is 0 Å². The molecular weight excluding hydrogens is 263 g/mol. The van der Waals surface area contributed by atoms with Crippen LogP contribution in [0.4, 0.5) is 0 Å². The first-order valence-electron chi connectivity index (χ1n) is 3.45. The molecular formula is C6H14BrO5P. The maximum atomic E-state index is 11.2. The van der Waals surface area contributed by atoms with Crippen LogP contribution < -0.4 is 0 Å². The summed E-state index contributed by atoms with van der Waals surface area (Å²) < 4.78 is 19.0. The first-order chi connectivity index (χ1) is 6.07. The first-order valence-corrected chi connectivity index (χ1v) is 6.17. The van der Waals surface area contributed by atoms with Crippen LogP contribution in [0.5, 0.6) is 0 Å². The molecule has 0 heterocycles. The summed E-state index contributed by atoms with van der Waals surface area (Å²) in [5, 5.41) is 0. The molecule has 0 saturated heterocycles. The summed E-state index contributed by atoms with van der Waals surface area (Å²) in [7, 11) is 2.61. The van der Waals surface area contributed by atoms with Gasteiger partial charge in [0, 0.05) is 0 Å². The van der Waals surface area contributed by atoms with Gasteiger partial charge in [0.05, 0.1) is 0 Å². The molecule has 0 radical (unpaired) electrons. The van der Waals surface area contributed by atoms with E-state index < -0.39 is 18.5 Å². The zero-order chi connectivity index (χ0) is 10.5. The Labute approximate surface area is 86.4 Å². The molecule has 1 atom stereocenters. The van der Waals surface area contributed by atoms with E-state index in [0.717, 1.165) is 0 Å². The fraction of sp³-hybridized carbons (Fsp3) is 0.833. The minimum absolute atomic E-state index is 0.475. The summed E-state index contributed by atoms with van der Waals surface area (Å²) in [4.78, 5) is 11.2. The van der Waals surface area contributed by atoms with Gasteiger partial charge >= 0.3 is 86.0 Å². The van der Waals surface area contributed by atoms with Crippen LogP contribution in [0.1, 0.15) is 0 Å². The summed E-state index contributed by atoms with van der Waals surface area (Å²) in [5.41, 5.74) is 0. The molecule has 7 heteroatoms. The van der Waals surface area contributed by atoms with Crippen LogP contribution in [0.2, 0.25) is 0 Å². The van der Waals surface area contributed by atoms with Crippen molar-refractivity contribution in [3.8, 4) is 0 Å². The molecule has 0 fully saturated rings. The van der Waals surface area contributed by atoms with Gasteiger partial charge in [0.25, 0.3) is 0 Å². The van der Waals surface area contributed by atoms with Gasteiger partial charge in [0.1, 0.15) is 0 Å². The number of hydrogen-bond acceptors (Lipinski definition) is 5. The van der Waals surface area contributed by atoms with Gasteiger partial charge in [-0.1, -0.05) is 0 Å². The van der Waals surface area contributed by atoms with Gasteiger partial charge in [-0.2, -0.15) is 0 Å². The predicted octanol–water partition coefficient (Wildman–Crippen LogP) is 1.31. The second kappa shape index (κ2) is 5.88. The summed E-state index contributed by atoms with van der Waals surface area (Å²) in [6, 6.07) is 0. The van der Waals surface area contributed by atoms with Gasteiger partial charge in [-0.15, -0.1) is 0 Å². The van der Waals surface area contributed by atoms with E-state index in [1.165, 1.54) is 28.4 Å². The van der Waals surface area contributed by atoms with Crippen molar-refractivity contribution in [2.75, 3.05) is 28.4 Å². The van der Waals surface area contributed by atoms with Crippen molar-refractivity contribution in [2.24, 2.45) is 0 Å². The van der Waals surface area contributed by atoms with E-state index >= 15 is 0 Å². The molecule has 0 aromatic rings. The average Bonchev–Trinajstić information content (AvgIpc) is 2.20. The molecule has 0 bridgehead atoms. The Morgan fingerprint density at radius 2 is 1.54 bits per heavy atom. The SMILES string of the molecule is COC(=O)C(Br)[PH](OC)(OC)OC. The molecule has 80 valence electrons. The molecule has 0 rings (SSSR count). The zero-order valence-corrected chi connectivity index (χ0v) is 10.6. The van der Waals surface area contributed by atoms with E-state index in [1.54, 1.807) is 0 Å². The number of esters is 1. The fourth-order valence-corrected chi connectivity index (χ4v) is 4.20. The van der Waals surface area contributed by atoms with Crippen molar-refractivity contribution < 1.29 is 23.1 Å². The van der Waals surface area contributed by atoms with Crippen LogP contribution in [-0.2, 0) is 23.1 Å².